The molecule has 0 amide bonds. The summed E-state index contributed by atoms with van der Waals surface area (Å²) in [5, 5.41) is 1.50. The summed E-state index contributed by atoms with van der Waals surface area (Å²) in [4.78, 5) is 24.8. The van der Waals surface area contributed by atoms with E-state index in [9.17, 15) is 9.59 Å². The van der Waals surface area contributed by atoms with E-state index in [1.807, 2.05) is 26.8 Å². The van der Waals surface area contributed by atoms with Crippen LogP contribution in [0.1, 0.15) is 41.5 Å². The summed E-state index contributed by atoms with van der Waals surface area (Å²) in [5.41, 5.74) is 2.48. The Kier molecular flexibility index (Phi) is 4.39. The zero-order chi connectivity index (χ0) is 15.8. The number of allylic oxidation sites excluding steroid dienone is 6. The van der Waals surface area contributed by atoms with Crippen LogP contribution in [0.2, 0.25) is 0 Å². The number of ketones is 2. The molecular formula is C16H24N2O2. The van der Waals surface area contributed by atoms with Crippen LogP contribution in [-0.4, -0.2) is 23.6 Å². The van der Waals surface area contributed by atoms with E-state index in [1.165, 1.54) is 5.01 Å². The fourth-order valence-corrected chi connectivity index (χ4v) is 2.57. The van der Waals surface area contributed by atoms with Gasteiger partial charge < -0.3 is 5.01 Å². The van der Waals surface area contributed by atoms with E-state index in [1.54, 1.807) is 27.8 Å². The minimum absolute atomic E-state index is 0.0441. The number of hydrogen-bond acceptors (Lipinski definition) is 4. The molecule has 0 aliphatic heterocycles. The molecule has 0 radical (unpaired) electrons. The Morgan fingerprint density at radius 1 is 1.05 bits per heavy atom. The average molecular weight is 276 g/mol. The van der Waals surface area contributed by atoms with Gasteiger partial charge in [0.05, 0.1) is 0 Å². The smallest absolute Gasteiger partial charge is 0.186 e. The van der Waals surface area contributed by atoms with Crippen molar-refractivity contribution >= 4 is 11.6 Å². The molecule has 20 heavy (non-hydrogen) atoms. The summed E-state index contributed by atoms with van der Waals surface area (Å²) in [7, 11) is 1.74. The van der Waals surface area contributed by atoms with E-state index in [2.05, 4.69) is 0 Å². The van der Waals surface area contributed by atoms with Gasteiger partial charge in [0, 0.05) is 40.5 Å². The van der Waals surface area contributed by atoms with Crippen molar-refractivity contribution in [3.05, 3.63) is 34.1 Å². The minimum Gasteiger partial charge on any atom is -0.319 e. The maximum atomic E-state index is 12.5. The molecule has 110 valence electrons. The highest BCUT2D eigenvalue weighted by Gasteiger charge is 2.36. The predicted molar refractivity (Wildman–Crippen MR) is 80.6 cm³/mol. The van der Waals surface area contributed by atoms with Crippen LogP contribution < -0.4 is 5.84 Å². The molecule has 0 aromatic heterocycles. The van der Waals surface area contributed by atoms with Crippen LogP contribution in [0.4, 0.5) is 0 Å². The van der Waals surface area contributed by atoms with Crippen molar-refractivity contribution in [1.29, 1.82) is 0 Å². The molecule has 0 saturated carbocycles. The lowest BCUT2D eigenvalue weighted by Crippen LogP contribution is -2.31. The fourth-order valence-electron chi connectivity index (χ4n) is 2.57. The van der Waals surface area contributed by atoms with E-state index < -0.39 is 5.41 Å². The molecule has 0 fully saturated rings. The van der Waals surface area contributed by atoms with Crippen LogP contribution in [0.5, 0.6) is 0 Å². The van der Waals surface area contributed by atoms with Crippen molar-refractivity contribution in [2.24, 2.45) is 11.3 Å². The first-order chi connectivity index (χ1) is 9.00. The van der Waals surface area contributed by atoms with Crippen LogP contribution >= 0.6 is 0 Å². The van der Waals surface area contributed by atoms with Gasteiger partial charge in [-0.1, -0.05) is 19.9 Å². The van der Waals surface area contributed by atoms with Crippen LogP contribution in [0.15, 0.2) is 34.1 Å². The molecule has 0 bridgehead atoms. The molecular weight excluding hydrogens is 252 g/mol. The molecule has 0 aromatic rings. The largest absolute Gasteiger partial charge is 0.319 e. The van der Waals surface area contributed by atoms with E-state index in [-0.39, 0.29) is 11.6 Å². The lowest BCUT2D eigenvalue weighted by molar-refractivity contribution is -0.117. The van der Waals surface area contributed by atoms with Gasteiger partial charge in [0.1, 0.15) is 0 Å². The molecule has 0 unspecified atom stereocenters. The molecule has 4 heteroatoms. The minimum atomic E-state index is -0.545. The molecule has 0 aromatic carbocycles. The summed E-state index contributed by atoms with van der Waals surface area (Å²) in [6.07, 6.45) is 1.92. The number of hydrogen-bond donors (Lipinski definition) is 1. The third kappa shape index (κ3) is 2.75. The number of carbonyl (C=O) groups is 2. The number of rotatable bonds is 3. The van der Waals surface area contributed by atoms with Crippen molar-refractivity contribution in [2.75, 3.05) is 7.05 Å². The van der Waals surface area contributed by atoms with Crippen molar-refractivity contribution in [2.45, 2.75) is 41.5 Å². The SMILES string of the molecule is CC1=C(C)C(=O)C(C(C)(C)/C=C(\C)N(C)N)=C(C)C1=O. The highest BCUT2D eigenvalue weighted by molar-refractivity contribution is 6.25. The van der Waals surface area contributed by atoms with Gasteiger partial charge in [-0.3, -0.25) is 9.59 Å². The number of hydrazine groups is 1. The highest BCUT2D eigenvalue weighted by atomic mass is 16.1. The van der Waals surface area contributed by atoms with Gasteiger partial charge in [-0.25, -0.2) is 5.84 Å². The standard InChI is InChI=1S/C16H24N2O2/c1-9(18(7)17)8-16(5,6)13-12(4)14(19)10(2)11(3)15(13)20/h8H,17H2,1-7H3/b9-8+. The second-order valence-corrected chi connectivity index (χ2v) is 6.03. The van der Waals surface area contributed by atoms with Crippen LogP contribution in [0, 0.1) is 5.41 Å². The van der Waals surface area contributed by atoms with E-state index in [0.29, 0.717) is 22.3 Å². The zero-order valence-electron chi connectivity index (χ0n) is 13.4. The fraction of sp³-hybridized carbons (Fsp3) is 0.500. The second-order valence-electron chi connectivity index (χ2n) is 6.03. The zero-order valence-corrected chi connectivity index (χ0v) is 13.4. The first-order valence-corrected chi connectivity index (χ1v) is 6.66. The van der Waals surface area contributed by atoms with Crippen LogP contribution in [0.25, 0.3) is 0 Å². The van der Waals surface area contributed by atoms with Gasteiger partial charge in [-0.05, 0) is 27.7 Å². The Morgan fingerprint density at radius 3 is 1.95 bits per heavy atom. The van der Waals surface area contributed by atoms with Crippen molar-refractivity contribution in [1.82, 2.24) is 5.01 Å². The maximum absolute atomic E-state index is 12.5. The summed E-state index contributed by atoms with van der Waals surface area (Å²) in [6, 6.07) is 0. The van der Waals surface area contributed by atoms with Crippen molar-refractivity contribution < 1.29 is 9.59 Å². The lowest BCUT2D eigenvalue weighted by atomic mass is 9.72. The topological polar surface area (TPSA) is 63.4 Å². The number of nitrogens with zero attached hydrogens (tertiary/aromatic N) is 1. The van der Waals surface area contributed by atoms with Crippen molar-refractivity contribution in [3.63, 3.8) is 0 Å². The summed E-state index contributed by atoms with van der Waals surface area (Å²) >= 11 is 0. The number of Topliss-reactive ketones (excluding diaryl/α,β-unsaturated/α-hetero) is 2. The monoisotopic (exact) mass is 276 g/mol. The Balaban J connectivity index is 3.42. The molecule has 1 aliphatic rings. The first kappa shape index (κ1) is 16.4. The van der Waals surface area contributed by atoms with Gasteiger partial charge in [0.25, 0.3) is 0 Å². The quantitative estimate of drug-likeness (QED) is 0.489. The van der Waals surface area contributed by atoms with E-state index in [0.717, 1.165) is 5.70 Å². The Labute approximate surface area is 121 Å². The molecule has 2 N–H and O–H groups in total. The lowest BCUT2D eigenvalue weighted by Gasteiger charge is -2.30. The Bertz CT molecular complexity index is 561. The predicted octanol–water partition coefficient (Wildman–Crippen LogP) is 2.53. The summed E-state index contributed by atoms with van der Waals surface area (Å²) < 4.78 is 0. The third-order valence-electron chi connectivity index (χ3n) is 3.96. The third-order valence-corrected chi connectivity index (χ3v) is 3.96. The molecule has 1 rings (SSSR count). The van der Waals surface area contributed by atoms with Gasteiger partial charge in [0.2, 0.25) is 0 Å². The van der Waals surface area contributed by atoms with Gasteiger partial charge in [-0.2, -0.15) is 0 Å². The number of nitrogens with two attached hydrogens (primary N) is 1. The summed E-state index contributed by atoms with van der Waals surface area (Å²) in [5.74, 6) is 5.61. The van der Waals surface area contributed by atoms with Gasteiger partial charge in [0.15, 0.2) is 11.6 Å². The maximum Gasteiger partial charge on any atom is 0.186 e. The van der Waals surface area contributed by atoms with Gasteiger partial charge >= 0.3 is 0 Å². The highest BCUT2D eigenvalue weighted by Crippen LogP contribution is 2.38. The van der Waals surface area contributed by atoms with Crippen LogP contribution in [-0.2, 0) is 9.59 Å². The molecule has 0 atom stereocenters. The molecule has 0 saturated heterocycles. The summed E-state index contributed by atoms with van der Waals surface area (Å²) in [6.45, 7) is 10.9. The average Bonchev–Trinajstić information content (AvgIpc) is 2.33. The van der Waals surface area contributed by atoms with Gasteiger partial charge in [-0.15, -0.1) is 0 Å². The number of carbonyl (C=O) groups excluding carboxylic acids is 2. The second kappa shape index (κ2) is 5.37. The van der Waals surface area contributed by atoms with E-state index >= 15 is 0 Å². The van der Waals surface area contributed by atoms with Crippen molar-refractivity contribution in [3.8, 4) is 0 Å². The Morgan fingerprint density at radius 2 is 1.50 bits per heavy atom. The normalized spacial score (nSPS) is 18.1. The molecule has 4 nitrogen and oxygen atoms in total. The molecule has 0 spiro atoms. The van der Waals surface area contributed by atoms with Crippen LogP contribution in [0.3, 0.4) is 0 Å². The molecule has 1 aliphatic carbocycles. The molecule has 0 heterocycles. The Hall–Kier alpha value is -1.68. The van der Waals surface area contributed by atoms with E-state index in [4.69, 9.17) is 5.84 Å². The first-order valence-electron chi connectivity index (χ1n) is 6.66.